The Hall–Kier alpha value is -0.660. The predicted molar refractivity (Wildman–Crippen MR) is 112 cm³/mol. The van der Waals surface area contributed by atoms with Crippen LogP contribution in [0.3, 0.4) is 0 Å². The maximum absolute atomic E-state index is 12.9. The van der Waals surface area contributed by atoms with Gasteiger partial charge >= 0.3 is 0 Å². The highest BCUT2D eigenvalue weighted by molar-refractivity contribution is 7.99. The van der Waals surface area contributed by atoms with Crippen LogP contribution in [0, 0.1) is 5.92 Å². The van der Waals surface area contributed by atoms with Gasteiger partial charge in [-0.2, -0.15) is 16.1 Å². The highest BCUT2D eigenvalue weighted by Gasteiger charge is 2.31. The number of thiophene rings is 1. The Morgan fingerprint density at radius 3 is 2.36 bits per heavy atom. The molecule has 0 spiro atoms. The molecule has 0 aliphatic carbocycles. The maximum Gasteiger partial charge on any atom is 0.262 e. The van der Waals surface area contributed by atoms with E-state index >= 15 is 0 Å². The van der Waals surface area contributed by atoms with Crippen LogP contribution < -0.4 is 5.32 Å². The minimum absolute atomic E-state index is 0.0776. The first-order valence-corrected chi connectivity index (χ1v) is 14.4. The van der Waals surface area contributed by atoms with E-state index in [0.717, 1.165) is 22.8 Å². The van der Waals surface area contributed by atoms with Crippen LogP contribution in [0.1, 0.15) is 22.5 Å². The number of amides is 1. The summed E-state index contributed by atoms with van der Waals surface area (Å²) in [6, 6.07) is 1.50. The molecule has 2 fully saturated rings. The third-order valence-electron chi connectivity index (χ3n) is 5.02. The van der Waals surface area contributed by atoms with E-state index < -0.39 is 20.0 Å². The second-order valence-electron chi connectivity index (χ2n) is 6.95. The molecule has 2 aliphatic rings. The van der Waals surface area contributed by atoms with Crippen molar-refractivity contribution >= 4 is 49.1 Å². The first-order valence-electron chi connectivity index (χ1n) is 9.08. The summed E-state index contributed by atoms with van der Waals surface area (Å²) in [5, 5.41) is 4.47. The number of nitrogens with one attached hydrogen (secondary N) is 1. The molecule has 0 atom stereocenters. The summed E-state index contributed by atoms with van der Waals surface area (Å²) in [5.41, 5.74) is 0. The normalized spacial score (nSPS) is 20.9. The molecule has 0 saturated carbocycles. The molecule has 0 radical (unpaired) electrons. The second kappa shape index (κ2) is 9.00. The Kier molecular flexibility index (Phi) is 7.09. The highest BCUT2D eigenvalue weighted by Crippen LogP contribution is 2.27. The van der Waals surface area contributed by atoms with Gasteiger partial charge in [0.15, 0.2) is 0 Å². The van der Waals surface area contributed by atoms with Gasteiger partial charge in [-0.1, -0.05) is 0 Å². The van der Waals surface area contributed by atoms with Crippen molar-refractivity contribution < 1.29 is 21.6 Å². The van der Waals surface area contributed by atoms with Gasteiger partial charge in [0.1, 0.15) is 9.77 Å². The third kappa shape index (κ3) is 5.08. The van der Waals surface area contributed by atoms with Crippen molar-refractivity contribution in [3.63, 3.8) is 0 Å². The van der Waals surface area contributed by atoms with E-state index in [1.54, 1.807) is 17.1 Å². The Morgan fingerprint density at radius 1 is 1.11 bits per heavy atom. The minimum atomic E-state index is -3.66. The Morgan fingerprint density at radius 2 is 1.75 bits per heavy atom. The van der Waals surface area contributed by atoms with Gasteiger partial charge in [-0.15, -0.1) is 11.3 Å². The van der Waals surface area contributed by atoms with E-state index in [2.05, 4.69) is 5.32 Å². The summed E-state index contributed by atoms with van der Waals surface area (Å²) in [5.74, 6) is 1.32. The van der Waals surface area contributed by atoms with E-state index in [9.17, 15) is 21.6 Å². The van der Waals surface area contributed by atoms with Gasteiger partial charge in [0.05, 0.1) is 6.26 Å². The van der Waals surface area contributed by atoms with Crippen molar-refractivity contribution in [2.75, 3.05) is 50.5 Å². The number of sulfonamides is 2. The van der Waals surface area contributed by atoms with E-state index in [1.807, 2.05) is 0 Å². The quantitative estimate of drug-likeness (QED) is 0.666. The number of carbonyl (C=O) groups is 1. The molecular weight excluding hydrogens is 442 g/mol. The number of thioether (sulfide) groups is 1. The maximum atomic E-state index is 12.9. The number of hydrogen-bond donors (Lipinski definition) is 1. The van der Waals surface area contributed by atoms with Crippen LogP contribution in [0.15, 0.2) is 16.3 Å². The summed E-state index contributed by atoms with van der Waals surface area (Å²) in [6.07, 6.45) is 2.55. The van der Waals surface area contributed by atoms with Crippen LogP contribution in [0.5, 0.6) is 0 Å². The average molecular weight is 468 g/mol. The van der Waals surface area contributed by atoms with Crippen molar-refractivity contribution in [3.05, 3.63) is 16.3 Å². The molecule has 0 unspecified atom stereocenters. The van der Waals surface area contributed by atoms with Gasteiger partial charge in [-0.25, -0.2) is 21.1 Å². The molecule has 1 aromatic heterocycles. The van der Waals surface area contributed by atoms with Crippen molar-refractivity contribution in [2.45, 2.75) is 17.7 Å². The molecule has 2 aliphatic heterocycles. The first-order chi connectivity index (χ1) is 13.2. The lowest BCUT2D eigenvalue weighted by Crippen LogP contribution is -2.41. The van der Waals surface area contributed by atoms with Gasteiger partial charge in [0.25, 0.3) is 5.91 Å². The molecule has 8 nitrogen and oxygen atoms in total. The molecule has 1 amide bonds. The second-order valence-corrected chi connectivity index (χ2v) is 13.0. The van der Waals surface area contributed by atoms with Crippen molar-refractivity contribution in [2.24, 2.45) is 5.92 Å². The largest absolute Gasteiger partial charge is 0.351 e. The monoisotopic (exact) mass is 467 g/mol. The van der Waals surface area contributed by atoms with Gasteiger partial charge in [0, 0.05) is 44.2 Å². The summed E-state index contributed by atoms with van der Waals surface area (Å²) in [7, 11) is -6.84. The topological polar surface area (TPSA) is 104 Å². The van der Waals surface area contributed by atoms with Crippen LogP contribution in [0.25, 0.3) is 0 Å². The molecule has 1 N–H and O–H groups in total. The Bertz CT molecular complexity index is 898. The lowest BCUT2D eigenvalue weighted by atomic mass is 9.98. The number of carbonyl (C=O) groups excluding carboxylic acids is 1. The minimum Gasteiger partial charge on any atom is -0.351 e. The zero-order valence-corrected chi connectivity index (χ0v) is 18.9. The average Bonchev–Trinajstić information content (AvgIpc) is 3.17. The van der Waals surface area contributed by atoms with Crippen molar-refractivity contribution in [1.29, 1.82) is 0 Å². The lowest BCUT2D eigenvalue weighted by Gasteiger charge is -2.30. The van der Waals surface area contributed by atoms with E-state index in [-0.39, 0.29) is 21.6 Å². The molecule has 0 aromatic carbocycles. The molecular formula is C16H25N3O5S4. The van der Waals surface area contributed by atoms with Gasteiger partial charge in [0.2, 0.25) is 20.0 Å². The number of hydrogen-bond acceptors (Lipinski definition) is 7. The Labute approximate surface area is 174 Å². The summed E-state index contributed by atoms with van der Waals surface area (Å²) in [4.78, 5) is 12.9. The Balaban J connectivity index is 1.60. The van der Waals surface area contributed by atoms with Gasteiger partial charge < -0.3 is 5.32 Å². The standard InChI is InChI=1S/C16H25N3O5S4/c1-27(21,22)18-5-2-13(3-6-18)12-17-16(20)15-14(4-9-26-15)28(23,24)19-7-10-25-11-8-19/h4,9,13H,2-3,5-8,10-12H2,1H3,(H,17,20). The van der Waals surface area contributed by atoms with Crippen molar-refractivity contribution in [1.82, 2.24) is 13.9 Å². The molecule has 3 rings (SSSR count). The third-order valence-corrected chi connectivity index (χ3v) is 10.2. The number of rotatable bonds is 6. The van der Waals surface area contributed by atoms with Crippen LogP contribution in [-0.2, 0) is 20.0 Å². The zero-order valence-electron chi connectivity index (χ0n) is 15.7. The zero-order chi connectivity index (χ0) is 20.4. The summed E-state index contributed by atoms with van der Waals surface area (Å²) >= 11 is 2.85. The summed E-state index contributed by atoms with van der Waals surface area (Å²) in [6.45, 7) is 2.23. The SMILES string of the molecule is CS(=O)(=O)N1CCC(CNC(=O)c2sccc2S(=O)(=O)N2CCSCC2)CC1. The summed E-state index contributed by atoms with van der Waals surface area (Å²) < 4.78 is 51.8. The predicted octanol–water partition coefficient (Wildman–Crippen LogP) is 0.887. The van der Waals surface area contributed by atoms with Gasteiger partial charge in [-0.3, -0.25) is 4.79 Å². The molecule has 12 heteroatoms. The lowest BCUT2D eigenvalue weighted by molar-refractivity contribution is 0.0942. The fraction of sp³-hybridized carbons (Fsp3) is 0.688. The fourth-order valence-electron chi connectivity index (χ4n) is 3.35. The van der Waals surface area contributed by atoms with Crippen LogP contribution in [-0.4, -0.2) is 81.8 Å². The molecule has 3 heterocycles. The van der Waals surface area contributed by atoms with E-state index in [4.69, 9.17) is 0 Å². The molecule has 2 saturated heterocycles. The molecule has 0 bridgehead atoms. The highest BCUT2D eigenvalue weighted by atomic mass is 32.2. The van der Waals surface area contributed by atoms with Crippen LogP contribution in [0.4, 0.5) is 0 Å². The van der Waals surface area contributed by atoms with Crippen molar-refractivity contribution in [3.8, 4) is 0 Å². The fourth-order valence-corrected chi connectivity index (χ4v) is 8.12. The number of piperidine rings is 1. The number of nitrogens with zero attached hydrogens (tertiary/aromatic N) is 2. The smallest absolute Gasteiger partial charge is 0.262 e. The molecule has 1 aromatic rings. The van der Waals surface area contributed by atoms with Crippen LogP contribution in [0.2, 0.25) is 0 Å². The molecule has 158 valence electrons. The van der Waals surface area contributed by atoms with E-state index in [0.29, 0.717) is 45.6 Å². The van der Waals surface area contributed by atoms with Crippen LogP contribution >= 0.6 is 23.1 Å². The molecule has 28 heavy (non-hydrogen) atoms. The van der Waals surface area contributed by atoms with Gasteiger partial charge in [-0.05, 0) is 30.2 Å². The first kappa shape index (κ1) is 22.0. The van der Waals surface area contributed by atoms with E-state index in [1.165, 1.54) is 20.9 Å².